The normalized spacial score (nSPS) is 10.7. The summed E-state index contributed by atoms with van der Waals surface area (Å²) in [5.74, 6) is 0. The van der Waals surface area contributed by atoms with Gasteiger partial charge in [0.2, 0.25) is 0 Å². The number of rotatable bonds is 4. The van der Waals surface area contributed by atoms with Crippen LogP contribution in [0.15, 0.2) is 42.5 Å². The summed E-state index contributed by atoms with van der Waals surface area (Å²) in [6.45, 7) is 3.96. The van der Waals surface area contributed by atoms with Crippen molar-refractivity contribution in [2.24, 2.45) is 0 Å². The minimum atomic E-state index is 0.842. The van der Waals surface area contributed by atoms with E-state index < -0.39 is 0 Å². The van der Waals surface area contributed by atoms with Gasteiger partial charge in [-0.2, -0.15) is 0 Å². The summed E-state index contributed by atoms with van der Waals surface area (Å²) in [5.41, 5.74) is 1.33. The van der Waals surface area contributed by atoms with Gasteiger partial charge in [-0.05, 0) is 22.8 Å². The lowest BCUT2D eigenvalue weighted by atomic mass is 10.0. The van der Waals surface area contributed by atoms with Gasteiger partial charge in [0.05, 0.1) is 0 Å². The van der Waals surface area contributed by atoms with Crippen molar-refractivity contribution < 1.29 is 0 Å². The Morgan fingerprint density at radius 3 is 2.67 bits per heavy atom. The third-order valence-electron chi connectivity index (χ3n) is 2.54. The molecular weight excluding hydrogens is 182 g/mol. The van der Waals surface area contributed by atoms with Crippen LogP contribution >= 0.6 is 0 Å². The molecule has 15 heavy (non-hydrogen) atoms. The molecule has 0 saturated heterocycles. The van der Waals surface area contributed by atoms with Crippen molar-refractivity contribution in [2.45, 2.75) is 19.9 Å². The van der Waals surface area contributed by atoms with Gasteiger partial charge in [-0.25, -0.2) is 5.32 Å². The van der Waals surface area contributed by atoms with Gasteiger partial charge in [0, 0.05) is 13.1 Å². The van der Waals surface area contributed by atoms with E-state index in [2.05, 4.69) is 54.7 Å². The highest BCUT2D eigenvalue weighted by molar-refractivity contribution is 5.85. The zero-order valence-electron chi connectivity index (χ0n) is 9.11. The fourth-order valence-corrected chi connectivity index (χ4v) is 1.79. The Balaban J connectivity index is 2.26. The Morgan fingerprint density at radius 2 is 1.80 bits per heavy atom. The first-order valence-electron chi connectivity index (χ1n) is 5.51. The summed E-state index contributed by atoms with van der Waals surface area (Å²) in [7, 11) is 0. The lowest BCUT2D eigenvalue weighted by Gasteiger charge is -2.05. The molecule has 0 amide bonds. The van der Waals surface area contributed by atoms with Gasteiger partial charge in [0.25, 0.3) is 0 Å². The maximum absolute atomic E-state index is 4.51. The first-order valence-corrected chi connectivity index (χ1v) is 5.51. The van der Waals surface area contributed by atoms with E-state index >= 15 is 0 Å². The molecule has 2 aromatic rings. The smallest absolute Gasteiger partial charge is 0.0390 e. The van der Waals surface area contributed by atoms with Crippen LogP contribution in [-0.2, 0) is 6.54 Å². The molecule has 0 heterocycles. The van der Waals surface area contributed by atoms with Crippen LogP contribution in [-0.4, -0.2) is 6.54 Å². The lowest BCUT2D eigenvalue weighted by molar-refractivity contribution is 0.663. The summed E-state index contributed by atoms with van der Waals surface area (Å²) in [5, 5.41) is 7.15. The number of nitrogens with zero attached hydrogens (tertiary/aromatic N) is 1. The number of benzene rings is 2. The molecule has 0 N–H and O–H groups in total. The van der Waals surface area contributed by atoms with E-state index in [0.29, 0.717) is 0 Å². The number of fused-ring (bicyclic) bond motifs is 1. The van der Waals surface area contributed by atoms with Crippen molar-refractivity contribution in [3.05, 3.63) is 48.0 Å². The van der Waals surface area contributed by atoms with E-state index in [1.807, 2.05) is 0 Å². The summed E-state index contributed by atoms with van der Waals surface area (Å²) < 4.78 is 0. The van der Waals surface area contributed by atoms with Crippen molar-refractivity contribution in [1.29, 1.82) is 0 Å². The van der Waals surface area contributed by atoms with Gasteiger partial charge < -0.3 is 0 Å². The number of hydrogen-bond donors (Lipinski definition) is 0. The molecule has 0 saturated carbocycles. The number of hydrogen-bond acceptors (Lipinski definition) is 0. The van der Waals surface area contributed by atoms with Gasteiger partial charge in [-0.15, -0.1) is 0 Å². The molecule has 0 aliphatic carbocycles. The molecule has 77 valence electrons. The third kappa shape index (κ3) is 2.37. The predicted octanol–water partition coefficient (Wildman–Crippen LogP) is 3.35. The zero-order valence-corrected chi connectivity index (χ0v) is 9.11. The van der Waals surface area contributed by atoms with Crippen LogP contribution in [0, 0.1) is 0 Å². The predicted molar refractivity (Wildman–Crippen MR) is 64.9 cm³/mol. The van der Waals surface area contributed by atoms with Crippen LogP contribution in [0.2, 0.25) is 0 Å². The molecule has 2 rings (SSSR count). The van der Waals surface area contributed by atoms with Crippen molar-refractivity contribution >= 4 is 10.8 Å². The molecule has 0 bridgehead atoms. The highest BCUT2D eigenvalue weighted by atomic mass is 14.8. The molecule has 1 nitrogen and oxygen atoms in total. The van der Waals surface area contributed by atoms with Crippen LogP contribution < -0.4 is 5.32 Å². The Morgan fingerprint density at radius 1 is 1.00 bits per heavy atom. The highest BCUT2D eigenvalue weighted by Crippen LogP contribution is 2.18. The SMILES string of the molecule is CCC[N]Cc1cccc2ccccc12. The van der Waals surface area contributed by atoms with Crippen molar-refractivity contribution in [3.8, 4) is 0 Å². The molecule has 1 heteroatoms. The molecule has 0 unspecified atom stereocenters. The van der Waals surface area contributed by atoms with Crippen LogP contribution in [0.1, 0.15) is 18.9 Å². The first-order chi connectivity index (χ1) is 7.42. The maximum atomic E-state index is 4.51. The van der Waals surface area contributed by atoms with Gasteiger partial charge >= 0.3 is 0 Å². The van der Waals surface area contributed by atoms with E-state index in [4.69, 9.17) is 0 Å². The van der Waals surface area contributed by atoms with Crippen molar-refractivity contribution in [1.82, 2.24) is 5.32 Å². The Labute approximate surface area is 91.1 Å². The van der Waals surface area contributed by atoms with Gasteiger partial charge in [-0.1, -0.05) is 49.4 Å². The molecular formula is C14H16N. The lowest BCUT2D eigenvalue weighted by Crippen LogP contribution is -2.05. The fraction of sp³-hybridized carbons (Fsp3) is 0.286. The molecule has 1 radical (unpaired) electrons. The van der Waals surface area contributed by atoms with E-state index in [1.54, 1.807) is 0 Å². The second kappa shape index (κ2) is 4.94. The van der Waals surface area contributed by atoms with Crippen LogP contribution in [0.3, 0.4) is 0 Å². The standard InChI is InChI=1S/C14H16N/c1-2-10-15-11-13-8-5-7-12-6-3-4-9-14(12)13/h3-9H,2,10-11H2,1H3. The van der Waals surface area contributed by atoms with E-state index in [9.17, 15) is 0 Å². The van der Waals surface area contributed by atoms with Gasteiger partial charge in [0.15, 0.2) is 0 Å². The zero-order chi connectivity index (χ0) is 10.5. The molecule has 0 atom stereocenters. The van der Waals surface area contributed by atoms with Crippen molar-refractivity contribution in [3.63, 3.8) is 0 Å². The monoisotopic (exact) mass is 198 g/mol. The summed E-state index contributed by atoms with van der Waals surface area (Å²) in [6, 6.07) is 14.9. The van der Waals surface area contributed by atoms with Crippen LogP contribution in [0.5, 0.6) is 0 Å². The Hall–Kier alpha value is -1.34. The molecule has 2 aromatic carbocycles. The fourth-order valence-electron chi connectivity index (χ4n) is 1.79. The quantitative estimate of drug-likeness (QED) is 0.669. The third-order valence-corrected chi connectivity index (χ3v) is 2.54. The minimum Gasteiger partial charge on any atom is -0.237 e. The molecule has 0 aliphatic rings. The van der Waals surface area contributed by atoms with Crippen molar-refractivity contribution in [2.75, 3.05) is 6.54 Å². The van der Waals surface area contributed by atoms with E-state index in [0.717, 1.165) is 19.5 Å². The summed E-state index contributed by atoms with van der Waals surface area (Å²) >= 11 is 0. The Kier molecular flexibility index (Phi) is 3.36. The topological polar surface area (TPSA) is 14.1 Å². The summed E-state index contributed by atoms with van der Waals surface area (Å²) in [6.07, 6.45) is 1.13. The Bertz CT molecular complexity index is 429. The minimum absolute atomic E-state index is 0.842. The molecule has 0 aromatic heterocycles. The van der Waals surface area contributed by atoms with Gasteiger partial charge in [-0.3, -0.25) is 0 Å². The van der Waals surface area contributed by atoms with Crippen LogP contribution in [0.25, 0.3) is 10.8 Å². The average molecular weight is 198 g/mol. The summed E-state index contributed by atoms with van der Waals surface area (Å²) in [4.78, 5) is 0. The largest absolute Gasteiger partial charge is 0.237 e. The molecule has 0 fully saturated rings. The highest BCUT2D eigenvalue weighted by Gasteiger charge is 1.99. The van der Waals surface area contributed by atoms with Crippen LogP contribution in [0.4, 0.5) is 0 Å². The van der Waals surface area contributed by atoms with Gasteiger partial charge in [0.1, 0.15) is 0 Å². The van der Waals surface area contributed by atoms with E-state index in [1.165, 1.54) is 16.3 Å². The maximum Gasteiger partial charge on any atom is 0.0390 e. The second-order valence-electron chi connectivity index (χ2n) is 3.74. The average Bonchev–Trinajstić information content (AvgIpc) is 2.30. The molecule has 0 aliphatic heterocycles. The second-order valence-corrected chi connectivity index (χ2v) is 3.74. The van der Waals surface area contributed by atoms with E-state index in [-0.39, 0.29) is 0 Å². The molecule has 0 spiro atoms. The first kappa shape index (κ1) is 10.2.